The molecule has 1 heterocycles. The smallest absolute Gasteiger partial charge is 0.288 e. The molecule has 1 aromatic heterocycles. The number of thiophene rings is 1. The molecule has 128 valence electrons. The van der Waals surface area contributed by atoms with Crippen molar-refractivity contribution in [3.05, 3.63) is 54.9 Å². The van der Waals surface area contributed by atoms with Gasteiger partial charge in [0.25, 0.3) is 11.6 Å². The molecule has 1 aromatic carbocycles. The Morgan fingerprint density at radius 2 is 2.28 bits per heavy atom. The predicted octanol–water partition coefficient (Wildman–Crippen LogP) is 4.56. The average molecular weight is 376 g/mol. The fraction of sp³-hybridized carbons (Fsp3) is 0.294. The molecule has 0 radical (unpaired) electrons. The summed E-state index contributed by atoms with van der Waals surface area (Å²) in [4.78, 5) is 23.9. The van der Waals surface area contributed by atoms with Crippen molar-refractivity contribution in [1.82, 2.24) is 0 Å². The van der Waals surface area contributed by atoms with Gasteiger partial charge in [0, 0.05) is 16.5 Å². The second-order valence-electron chi connectivity index (χ2n) is 6.05. The van der Waals surface area contributed by atoms with Crippen LogP contribution < -0.4 is 5.32 Å². The molecule has 6 nitrogen and oxygen atoms in total. The molecular formula is C17H14ClN3O3S. The van der Waals surface area contributed by atoms with Crippen molar-refractivity contribution in [2.24, 2.45) is 5.92 Å². The molecule has 25 heavy (non-hydrogen) atoms. The highest BCUT2D eigenvalue weighted by Crippen LogP contribution is 2.39. The monoisotopic (exact) mass is 375 g/mol. The van der Waals surface area contributed by atoms with Crippen molar-refractivity contribution in [2.45, 2.75) is 26.2 Å². The minimum absolute atomic E-state index is 0.0279. The Bertz CT molecular complexity index is 917. The zero-order valence-electron chi connectivity index (χ0n) is 13.3. The molecule has 1 atom stereocenters. The van der Waals surface area contributed by atoms with Gasteiger partial charge in [-0.1, -0.05) is 18.5 Å². The summed E-state index contributed by atoms with van der Waals surface area (Å²) >= 11 is 7.18. The first-order chi connectivity index (χ1) is 11.9. The van der Waals surface area contributed by atoms with Gasteiger partial charge in [0.1, 0.15) is 16.1 Å². The van der Waals surface area contributed by atoms with E-state index in [1.54, 1.807) is 0 Å². The molecule has 0 spiro atoms. The minimum Gasteiger partial charge on any atom is -0.312 e. The molecule has 0 aliphatic heterocycles. The van der Waals surface area contributed by atoms with Crippen LogP contribution in [-0.4, -0.2) is 10.8 Å². The fourth-order valence-corrected chi connectivity index (χ4v) is 4.47. The normalized spacial score (nSPS) is 16.0. The number of rotatable bonds is 3. The Balaban J connectivity index is 1.91. The molecular weight excluding hydrogens is 362 g/mol. The first-order valence-corrected chi connectivity index (χ1v) is 8.90. The summed E-state index contributed by atoms with van der Waals surface area (Å²) in [5, 5.41) is 23.6. The van der Waals surface area contributed by atoms with Gasteiger partial charge in [0.2, 0.25) is 0 Å². The zero-order valence-corrected chi connectivity index (χ0v) is 14.9. The Morgan fingerprint density at radius 3 is 2.96 bits per heavy atom. The molecule has 1 aliphatic rings. The molecule has 0 fully saturated rings. The maximum Gasteiger partial charge on any atom is 0.288 e. The van der Waals surface area contributed by atoms with Gasteiger partial charge < -0.3 is 5.32 Å². The van der Waals surface area contributed by atoms with Crippen molar-refractivity contribution in [1.29, 1.82) is 5.26 Å². The minimum atomic E-state index is -0.634. The van der Waals surface area contributed by atoms with E-state index in [0.29, 0.717) is 16.5 Å². The number of carbonyl (C=O) groups is 1. The van der Waals surface area contributed by atoms with E-state index in [2.05, 4.69) is 18.3 Å². The van der Waals surface area contributed by atoms with E-state index < -0.39 is 10.8 Å². The van der Waals surface area contributed by atoms with E-state index in [4.69, 9.17) is 11.6 Å². The van der Waals surface area contributed by atoms with E-state index in [-0.39, 0.29) is 16.3 Å². The van der Waals surface area contributed by atoms with Crippen LogP contribution in [0.15, 0.2) is 18.2 Å². The maximum absolute atomic E-state index is 12.5. The number of hydrogen-bond acceptors (Lipinski definition) is 5. The summed E-state index contributed by atoms with van der Waals surface area (Å²) in [6.45, 7) is 2.17. The fourth-order valence-electron chi connectivity index (χ4n) is 2.93. The molecule has 0 saturated carbocycles. The number of nitro groups is 1. The molecule has 1 aliphatic carbocycles. The Labute approximate surface area is 153 Å². The third-order valence-electron chi connectivity index (χ3n) is 4.26. The van der Waals surface area contributed by atoms with Crippen LogP contribution in [0.3, 0.4) is 0 Å². The number of carbonyl (C=O) groups excluding carboxylic acids is 1. The second-order valence-corrected chi connectivity index (χ2v) is 7.56. The van der Waals surface area contributed by atoms with E-state index in [9.17, 15) is 20.2 Å². The standard InChI is InChI=1S/C17H14ClN3O3S/c1-9-2-4-11-12(8-19)17(25-15(11)6-9)20-16(22)10-3-5-13(18)14(7-10)21(23)24/h3,5,7,9H,2,4,6H2,1H3,(H,20,22). The molecule has 3 rings (SSSR count). The van der Waals surface area contributed by atoms with Gasteiger partial charge in [-0.15, -0.1) is 11.3 Å². The molecule has 1 unspecified atom stereocenters. The SMILES string of the molecule is CC1CCc2c(sc(NC(=O)c3ccc(Cl)c([N+](=O)[O-])c3)c2C#N)C1. The van der Waals surface area contributed by atoms with Crippen LogP contribution in [0.4, 0.5) is 10.7 Å². The number of anilines is 1. The summed E-state index contributed by atoms with van der Waals surface area (Å²) in [6, 6.07) is 6.06. The van der Waals surface area contributed by atoms with Gasteiger partial charge in [-0.25, -0.2) is 0 Å². The number of nitrogens with zero attached hydrogens (tertiary/aromatic N) is 2. The lowest BCUT2D eigenvalue weighted by molar-refractivity contribution is -0.384. The lowest BCUT2D eigenvalue weighted by Crippen LogP contribution is -2.12. The highest BCUT2D eigenvalue weighted by atomic mass is 35.5. The lowest BCUT2D eigenvalue weighted by Gasteiger charge is -2.17. The van der Waals surface area contributed by atoms with E-state index >= 15 is 0 Å². The van der Waals surface area contributed by atoms with E-state index in [1.165, 1.54) is 23.5 Å². The quantitative estimate of drug-likeness (QED) is 0.628. The number of halogens is 1. The number of amides is 1. The van der Waals surface area contributed by atoms with Crippen LogP contribution >= 0.6 is 22.9 Å². The average Bonchev–Trinajstić information content (AvgIpc) is 2.90. The number of fused-ring (bicyclic) bond motifs is 1. The van der Waals surface area contributed by atoms with Crippen LogP contribution in [0.25, 0.3) is 0 Å². The summed E-state index contributed by atoms with van der Waals surface area (Å²) in [7, 11) is 0. The molecule has 1 N–H and O–H groups in total. The Kier molecular flexibility index (Phi) is 4.75. The van der Waals surface area contributed by atoms with Gasteiger partial charge in [-0.2, -0.15) is 5.26 Å². The number of nitrogens with one attached hydrogen (secondary N) is 1. The van der Waals surface area contributed by atoms with Gasteiger partial charge in [-0.3, -0.25) is 14.9 Å². The number of hydrogen-bond donors (Lipinski definition) is 1. The van der Waals surface area contributed by atoms with Crippen LogP contribution in [0.1, 0.15) is 39.7 Å². The van der Waals surface area contributed by atoms with E-state index in [1.807, 2.05) is 0 Å². The molecule has 8 heteroatoms. The molecule has 0 saturated heterocycles. The van der Waals surface area contributed by atoms with Gasteiger partial charge in [0.15, 0.2) is 0 Å². The summed E-state index contributed by atoms with van der Waals surface area (Å²) in [6.07, 6.45) is 2.75. The van der Waals surface area contributed by atoms with Gasteiger partial charge >= 0.3 is 0 Å². The highest BCUT2D eigenvalue weighted by Gasteiger charge is 2.25. The number of nitriles is 1. The Morgan fingerprint density at radius 1 is 1.52 bits per heavy atom. The van der Waals surface area contributed by atoms with Crippen LogP contribution in [0, 0.1) is 27.4 Å². The van der Waals surface area contributed by atoms with Crippen molar-refractivity contribution in [3.63, 3.8) is 0 Å². The topological polar surface area (TPSA) is 96.0 Å². The molecule has 0 bridgehead atoms. The van der Waals surface area contributed by atoms with Crippen molar-refractivity contribution in [3.8, 4) is 6.07 Å². The summed E-state index contributed by atoms with van der Waals surface area (Å²) in [5.41, 5.74) is 1.32. The third-order valence-corrected chi connectivity index (χ3v) is 5.74. The zero-order chi connectivity index (χ0) is 18.1. The van der Waals surface area contributed by atoms with Crippen molar-refractivity contribution >= 4 is 39.5 Å². The van der Waals surface area contributed by atoms with Crippen molar-refractivity contribution < 1.29 is 9.72 Å². The number of nitro benzene ring substituents is 1. The third kappa shape index (κ3) is 3.36. The maximum atomic E-state index is 12.5. The lowest BCUT2D eigenvalue weighted by atomic mass is 9.88. The Hall–Kier alpha value is -2.43. The second kappa shape index (κ2) is 6.82. The first-order valence-electron chi connectivity index (χ1n) is 7.70. The summed E-state index contributed by atoms with van der Waals surface area (Å²) in [5.74, 6) is 0.0584. The van der Waals surface area contributed by atoms with E-state index in [0.717, 1.165) is 35.8 Å². The first kappa shape index (κ1) is 17.4. The van der Waals surface area contributed by atoms with Crippen LogP contribution in [0.2, 0.25) is 5.02 Å². The molecule has 1 amide bonds. The van der Waals surface area contributed by atoms with Crippen LogP contribution in [0.5, 0.6) is 0 Å². The van der Waals surface area contributed by atoms with Gasteiger partial charge in [0.05, 0.1) is 10.5 Å². The highest BCUT2D eigenvalue weighted by molar-refractivity contribution is 7.16. The van der Waals surface area contributed by atoms with Gasteiger partial charge in [-0.05, 0) is 42.9 Å². The largest absolute Gasteiger partial charge is 0.312 e. The number of benzene rings is 1. The van der Waals surface area contributed by atoms with Crippen molar-refractivity contribution in [2.75, 3.05) is 5.32 Å². The summed E-state index contributed by atoms with van der Waals surface area (Å²) < 4.78 is 0. The van der Waals surface area contributed by atoms with Crippen LogP contribution in [-0.2, 0) is 12.8 Å². The molecule has 2 aromatic rings. The predicted molar refractivity (Wildman–Crippen MR) is 96.3 cm³/mol.